The third kappa shape index (κ3) is 6.32. The van der Waals surface area contributed by atoms with E-state index >= 15 is 0 Å². The van der Waals surface area contributed by atoms with E-state index in [-0.39, 0.29) is 35.2 Å². The minimum Gasteiger partial charge on any atom is -0.488 e. The largest absolute Gasteiger partial charge is 0.488 e. The molecule has 0 amide bonds. The standard InChI is InChI=1S/C33H38O3/c1-32(2,3)27-13-23-12-24(14-27)16-30(35)20-26-18-28(33(4,5)6)17-25(19-29(34)15-23)31(26)36-21-22-10-8-7-9-11-22/h7-14,17-18H,15-16,19-21H2,1-6H3. The average molecular weight is 483 g/mol. The molecule has 1 aliphatic carbocycles. The highest BCUT2D eigenvalue weighted by atomic mass is 16.5. The van der Waals surface area contributed by atoms with Crippen LogP contribution in [-0.4, -0.2) is 11.6 Å². The summed E-state index contributed by atoms with van der Waals surface area (Å²) in [6, 6.07) is 20.5. The lowest BCUT2D eigenvalue weighted by Crippen LogP contribution is -2.19. The van der Waals surface area contributed by atoms with Gasteiger partial charge in [0.25, 0.3) is 0 Å². The van der Waals surface area contributed by atoms with Crippen LogP contribution in [0, 0.1) is 0 Å². The number of hydrogen-bond acceptors (Lipinski definition) is 3. The molecule has 0 radical (unpaired) electrons. The van der Waals surface area contributed by atoms with Crippen molar-refractivity contribution in [2.75, 3.05) is 0 Å². The number of carbonyl (C=O) groups is 2. The van der Waals surface area contributed by atoms with E-state index < -0.39 is 0 Å². The van der Waals surface area contributed by atoms with Gasteiger partial charge < -0.3 is 4.74 Å². The topological polar surface area (TPSA) is 43.4 Å². The molecular weight excluding hydrogens is 444 g/mol. The Labute approximate surface area is 215 Å². The van der Waals surface area contributed by atoms with Crippen LogP contribution in [0.3, 0.4) is 0 Å². The molecule has 0 spiro atoms. The van der Waals surface area contributed by atoms with Gasteiger partial charge in [-0.1, -0.05) is 102 Å². The normalized spacial score (nSPS) is 14.7. The monoisotopic (exact) mass is 482 g/mol. The highest BCUT2D eigenvalue weighted by molar-refractivity contribution is 5.87. The van der Waals surface area contributed by atoms with Gasteiger partial charge in [-0.2, -0.15) is 0 Å². The van der Waals surface area contributed by atoms with Gasteiger partial charge in [-0.3, -0.25) is 9.59 Å². The third-order valence-electron chi connectivity index (χ3n) is 6.83. The van der Waals surface area contributed by atoms with E-state index in [0.29, 0.717) is 25.2 Å². The van der Waals surface area contributed by atoms with Crippen molar-refractivity contribution < 1.29 is 14.3 Å². The van der Waals surface area contributed by atoms with Gasteiger partial charge in [0.2, 0.25) is 0 Å². The van der Waals surface area contributed by atoms with Crippen LogP contribution in [0.2, 0.25) is 0 Å². The van der Waals surface area contributed by atoms with Crippen LogP contribution < -0.4 is 4.74 Å². The van der Waals surface area contributed by atoms with E-state index in [1.807, 2.05) is 36.4 Å². The predicted molar refractivity (Wildman–Crippen MR) is 146 cm³/mol. The van der Waals surface area contributed by atoms with E-state index in [0.717, 1.165) is 38.9 Å². The lowest BCUT2D eigenvalue weighted by Gasteiger charge is -2.25. The number of ketones is 2. The summed E-state index contributed by atoms with van der Waals surface area (Å²) in [6.07, 6.45) is 1.26. The van der Waals surface area contributed by atoms with Crippen molar-refractivity contribution >= 4 is 11.6 Å². The van der Waals surface area contributed by atoms with Crippen LogP contribution in [0.15, 0.2) is 60.7 Å². The van der Waals surface area contributed by atoms with Crippen molar-refractivity contribution in [3.63, 3.8) is 0 Å². The molecule has 0 atom stereocenters. The number of ether oxygens (including phenoxy) is 1. The number of Topliss-reactive ketones (excluding diaryl/α,β-unsaturated/α-hetero) is 2. The molecule has 0 saturated carbocycles. The molecule has 3 nitrogen and oxygen atoms in total. The molecule has 0 N–H and O–H groups in total. The Morgan fingerprint density at radius 2 is 1.11 bits per heavy atom. The van der Waals surface area contributed by atoms with Crippen LogP contribution in [0.4, 0.5) is 0 Å². The van der Waals surface area contributed by atoms with Crippen molar-refractivity contribution in [3.8, 4) is 5.75 Å². The zero-order valence-electron chi connectivity index (χ0n) is 22.5. The Morgan fingerprint density at radius 3 is 1.58 bits per heavy atom. The van der Waals surface area contributed by atoms with Gasteiger partial charge in [0.1, 0.15) is 23.9 Å². The number of benzene rings is 3. The molecule has 4 rings (SSSR count). The maximum absolute atomic E-state index is 13.4. The summed E-state index contributed by atoms with van der Waals surface area (Å²) in [6.45, 7) is 13.4. The van der Waals surface area contributed by atoms with Gasteiger partial charge in [-0.05, 0) is 38.6 Å². The van der Waals surface area contributed by atoms with Crippen molar-refractivity contribution in [3.05, 3.63) is 99.6 Å². The number of rotatable bonds is 3. The maximum Gasteiger partial charge on any atom is 0.141 e. The van der Waals surface area contributed by atoms with E-state index in [9.17, 15) is 9.59 Å². The second-order valence-electron chi connectivity index (χ2n) is 12.2. The molecule has 0 unspecified atom stereocenters. The minimum absolute atomic E-state index is 0.0573. The smallest absolute Gasteiger partial charge is 0.141 e. The molecule has 36 heavy (non-hydrogen) atoms. The second kappa shape index (κ2) is 10.0. The van der Waals surface area contributed by atoms with Crippen molar-refractivity contribution in [1.29, 1.82) is 0 Å². The van der Waals surface area contributed by atoms with Crippen LogP contribution >= 0.6 is 0 Å². The molecule has 3 aromatic carbocycles. The molecular formula is C33H38O3. The molecule has 0 saturated heterocycles. The zero-order chi connectivity index (χ0) is 26.1. The zero-order valence-corrected chi connectivity index (χ0v) is 22.5. The predicted octanol–water partition coefficient (Wildman–Crippen LogP) is 6.88. The van der Waals surface area contributed by atoms with Gasteiger partial charge in [-0.15, -0.1) is 0 Å². The summed E-state index contributed by atoms with van der Waals surface area (Å²) in [5.74, 6) is 0.995. The molecule has 1 aliphatic rings. The molecule has 188 valence electrons. The van der Waals surface area contributed by atoms with E-state index in [2.05, 4.69) is 65.8 Å². The van der Waals surface area contributed by atoms with E-state index in [1.54, 1.807) is 0 Å². The first-order valence-corrected chi connectivity index (χ1v) is 12.9. The third-order valence-corrected chi connectivity index (χ3v) is 6.83. The van der Waals surface area contributed by atoms with Crippen LogP contribution in [0.5, 0.6) is 5.75 Å². The minimum atomic E-state index is -0.115. The summed E-state index contributed by atoms with van der Waals surface area (Å²) >= 11 is 0. The molecule has 0 fully saturated rings. The van der Waals surface area contributed by atoms with Crippen LogP contribution in [0.25, 0.3) is 0 Å². The lowest BCUT2D eigenvalue weighted by molar-refractivity contribution is -0.118. The summed E-state index contributed by atoms with van der Waals surface area (Å²) in [7, 11) is 0. The SMILES string of the molecule is CC(C)(C)c1cc2cc(c1)CC(=O)Cc1cc(C(C)(C)C)cc(c1OCc1ccccc1)CC(=O)C2. The number of fused-ring (bicyclic) bond motifs is 4. The number of carbonyl (C=O) groups excluding carboxylic acids is 2. The molecule has 0 heterocycles. The quantitative estimate of drug-likeness (QED) is 0.409. The maximum atomic E-state index is 13.4. The molecule has 0 aromatic heterocycles. The van der Waals surface area contributed by atoms with Gasteiger partial charge in [0, 0.05) is 36.8 Å². The van der Waals surface area contributed by atoms with Gasteiger partial charge in [0.15, 0.2) is 0 Å². The van der Waals surface area contributed by atoms with Crippen LogP contribution in [-0.2, 0) is 52.7 Å². The first kappa shape index (κ1) is 25.9. The number of hydrogen-bond donors (Lipinski definition) is 0. The lowest BCUT2D eigenvalue weighted by atomic mass is 9.81. The summed E-state index contributed by atoms with van der Waals surface area (Å²) < 4.78 is 6.37. The molecule has 3 heteroatoms. The fraction of sp³-hybridized carbons (Fsp3) is 0.394. The Morgan fingerprint density at radius 1 is 0.639 bits per heavy atom. The van der Waals surface area contributed by atoms with Crippen molar-refractivity contribution in [2.24, 2.45) is 0 Å². The van der Waals surface area contributed by atoms with Crippen molar-refractivity contribution in [2.45, 2.75) is 84.7 Å². The van der Waals surface area contributed by atoms with E-state index in [1.165, 1.54) is 0 Å². The van der Waals surface area contributed by atoms with Gasteiger partial charge in [-0.25, -0.2) is 0 Å². The summed E-state index contributed by atoms with van der Waals surface area (Å²) in [4.78, 5) is 26.8. The van der Waals surface area contributed by atoms with Crippen LogP contribution in [0.1, 0.15) is 80.5 Å². The highest BCUT2D eigenvalue weighted by Crippen LogP contribution is 2.35. The fourth-order valence-electron chi connectivity index (χ4n) is 4.77. The Balaban J connectivity index is 1.79. The van der Waals surface area contributed by atoms with E-state index in [4.69, 9.17) is 4.74 Å². The first-order chi connectivity index (χ1) is 16.9. The van der Waals surface area contributed by atoms with Gasteiger partial charge in [0.05, 0.1) is 0 Å². The first-order valence-electron chi connectivity index (χ1n) is 12.9. The second-order valence-corrected chi connectivity index (χ2v) is 12.2. The summed E-state index contributed by atoms with van der Waals surface area (Å²) in [5.41, 5.74) is 6.87. The molecule has 3 aromatic rings. The fourth-order valence-corrected chi connectivity index (χ4v) is 4.77. The summed E-state index contributed by atoms with van der Waals surface area (Å²) in [5, 5.41) is 0. The van der Waals surface area contributed by atoms with Gasteiger partial charge >= 0.3 is 0 Å². The average Bonchev–Trinajstić information content (AvgIpc) is 2.77. The highest BCUT2D eigenvalue weighted by Gasteiger charge is 2.24. The Bertz CT molecular complexity index is 1210. The molecule has 4 bridgehead atoms. The Kier molecular flexibility index (Phi) is 7.22. The van der Waals surface area contributed by atoms with Crippen molar-refractivity contribution in [1.82, 2.24) is 0 Å². The Hall–Kier alpha value is -3.20. The molecule has 0 aliphatic heterocycles.